The standard InChI is InChI=1S/C9H20O4Si.C6H14O3Si/c1-10-9(11-2)7-5-6-8-14(9,12-3)13-4;1-4-5-6-9-10(7-2)8-3/h5-8H2,1-4H3;5-6,10H,4H2,1-3H3. The molecule has 0 amide bonds. The van der Waals surface area contributed by atoms with Gasteiger partial charge in [-0.15, -0.1) is 0 Å². The fourth-order valence-electron chi connectivity index (χ4n) is 2.72. The van der Waals surface area contributed by atoms with Gasteiger partial charge >= 0.3 is 18.1 Å². The second-order valence-electron chi connectivity index (χ2n) is 5.21. The van der Waals surface area contributed by atoms with Crippen molar-refractivity contribution in [1.29, 1.82) is 0 Å². The van der Waals surface area contributed by atoms with Gasteiger partial charge in [-0.05, 0) is 18.9 Å². The third kappa shape index (κ3) is 6.23. The molecule has 0 aromatic rings. The van der Waals surface area contributed by atoms with Crippen LogP contribution in [0.3, 0.4) is 0 Å². The highest BCUT2D eigenvalue weighted by Crippen LogP contribution is 2.40. The van der Waals surface area contributed by atoms with Gasteiger partial charge in [-0.25, -0.2) is 0 Å². The zero-order valence-electron chi connectivity index (χ0n) is 16.1. The molecule has 1 aliphatic heterocycles. The van der Waals surface area contributed by atoms with Gasteiger partial charge in [0.25, 0.3) is 0 Å². The SMILES string of the molecule is CCC=CO[SiH](OC)OC.COC1(OC)CCCC[Si]1(OC)OC. The van der Waals surface area contributed by atoms with Crippen molar-refractivity contribution >= 4 is 18.1 Å². The average Bonchev–Trinajstić information content (AvgIpc) is 2.65. The van der Waals surface area contributed by atoms with E-state index in [1.807, 2.05) is 13.0 Å². The maximum atomic E-state index is 5.59. The minimum absolute atomic E-state index is 0.630. The van der Waals surface area contributed by atoms with E-state index < -0.39 is 23.5 Å². The Morgan fingerprint density at radius 2 is 1.54 bits per heavy atom. The van der Waals surface area contributed by atoms with Crippen LogP contribution in [0.15, 0.2) is 12.3 Å². The highest BCUT2D eigenvalue weighted by Gasteiger charge is 2.60. The first-order chi connectivity index (χ1) is 11.5. The Bertz CT molecular complexity index is 310. The molecule has 0 saturated carbocycles. The number of ether oxygens (including phenoxy) is 2. The largest absolute Gasteiger partial charge is 0.548 e. The van der Waals surface area contributed by atoms with Crippen molar-refractivity contribution < 1.29 is 31.6 Å². The van der Waals surface area contributed by atoms with Crippen LogP contribution in [0.1, 0.15) is 32.6 Å². The van der Waals surface area contributed by atoms with Gasteiger partial charge in [0, 0.05) is 49.1 Å². The van der Waals surface area contributed by atoms with Crippen LogP contribution in [0.25, 0.3) is 0 Å². The van der Waals surface area contributed by atoms with Crippen molar-refractivity contribution in [2.24, 2.45) is 0 Å². The van der Waals surface area contributed by atoms with Crippen molar-refractivity contribution in [3.63, 3.8) is 0 Å². The summed E-state index contributed by atoms with van der Waals surface area (Å²) in [5.74, 6) is 0. The summed E-state index contributed by atoms with van der Waals surface area (Å²) >= 11 is 0. The molecule has 1 saturated heterocycles. The maximum Gasteiger partial charge on any atom is 0.548 e. The van der Waals surface area contributed by atoms with Crippen LogP contribution < -0.4 is 0 Å². The summed E-state index contributed by atoms with van der Waals surface area (Å²) in [6.07, 6.45) is 7.59. The van der Waals surface area contributed by atoms with E-state index in [0.29, 0.717) is 0 Å². The fourth-order valence-corrected chi connectivity index (χ4v) is 6.84. The van der Waals surface area contributed by atoms with Crippen LogP contribution in [0, 0.1) is 0 Å². The lowest BCUT2D eigenvalue weighted by molar-refractivity contribution is -0.183. The Labute approximate surface area is 149 Å². The van der Waals surface area contributed by atoms with E-state index in [9.17, 15) is 0 Å². The lowest BCUT2D eigenvalue weighted by atomic mass is 10.2. The molecule has 7 nitrogen and oxygen atoms in total. The fraction of sp³-hybridized carbons (Fsp3) is 0.867. The van der Waals surface area contributed by atoms with Gasteiger partial charge in [0.2, 0.25) is 5.41 Å². The van der Waals surface area contributed by atoms with Crippen LogP contribution in [-0.2, 0) is 31.6 Å². The van der Waals surface area contributed by atoms with Gasteiger partial charge < -0.3 is 31.6 Å². The molecule has 1 heterocycles. The molecule has 9 heteroatoms. The maximum absolute atomic E-state index is 5.59. The first-order valence-electron chi connectivity index (χ1n) is 8.11. The van der Waals surface area contributed by atoms with E-state index in [1.165, 1.54) is 0 Å². The van der Waals surface area contributed by atoms with Crippen LogP contribution in [0.5, 0.6) is 0 Å². The third-order valence-corrected chi connectivity index (χ3v) is 9.37. The molecule has 0 N–H and O–H groups in total. The Morgan fingerprint density at radius 3 is 1.92 bits per heavy atom. The number of hydrogen-bond acceptors (Lipinski definition) is 7. The van der Waals surface area contributed by atoms with Gasteiger partial charge in [0.05, 0.1) is 6.26 Å². The van der Waals surface area contributed by atoms with E-state index in [2.05, 4.69) is 0 Å². The Balaban J connectivity index is 0.000000470. The highest BCUT2D eigenvalue weighted by molar-refractivity contribution is 6.70. The van der Waals surface area contributed by atoms with Crippen molar-refractivity contribution in [1.82, 2.24) is 0 Å². The number of methoxy groups -OCH3 is 2. The van der Waals surface area contributed by atoms with Crippen LogP contribution >= 0.6 is 0 Å². The molecule has 0 aromatic heterocycles. The predicted molar refractivity (Wildman–Crippen MR) is 96.9 cm³/mol. The van der Waals surface area contributed by atoms with Gasteiger partial charge in [-0.1, -0.05) is 19.4 Å². The van der Waals surface area contributed by atoms with E-state index in [0.717, 1.165) is 31.7 Å². The minimum Gasteiger partial charge on any atom is -0.510 e. The zero-order valence-corrected chi connectivity index (χ0v) is 18.3. The van der Waals surface area contributed by atoms with Crippen molar-refractivity contribution in [3.8, 4) is 0 Å². The normalized spacial score (nSPS) is 19.2. The zero-order chi connectivity index (χ0) is 18.5. The molecule has 0 bridgehead atoms. The Hall–Kier alpha value is -0.266. The molecule has 0 aromatic carbocycles. The molecule has 0 aliphatic carbocycles. The smallest absolute Gasteiger partial charge is 0.510 e. The van der Waals surface area contributed by atoms with Crippen molar-refractivity contribution in [2.45, 2.75) is 44.1 Å². The van der Waals surface area contributed by atoms with Crippen molar-refractivity contribution in [2.75, 3.05) is 42.7 Å². The topological polar surface area (TPSA) is 64.6 Å². The van der Waals surface area contributed by atoms with Gasteiger partial charge in [0.1, 0.15) is 0 Å². The molecule has 0 spiro atoms. The third-order valence-electron chi connectivity index (χ3n) is 4.07. The van der Waals surface area contributed by atoms with Gasteiger partial charge in [0.15, 0.2) is 0 Å². The average molecular weight is 383 g/mol. The van der Waals surface area contributed by atoms with E-state index >= 15 is 0 Å². The lowest BCUT2D eigenvalue weighted by Gasteiger charge is -2.46. The van der Waals surface area contributed by atoms with Crippen LogP contribution in [-0.4, -0.2) is 66.2 Å². The summed E-state index contributed by atoms with van der Waals surface area (Å²) in [4.78, 5) is 0. The molecule has 1 rings (SSSR count). The van der Waals surface area contributed by atoms with Crippen LogP contribution in [0.2, 0.25) is 6.04 Å². The first-order valence-corrected chi connectivity index (χ1v) is 11.6. The second-order valence-corrected chi connectivity index (χ2v) is 10.6. The van der Waals surface area contributed by atoms with E-state index in [1.54, 1.807) is 48.9 Å². The van der Waals surface area contributed by atoms with E-state index in [4.69, 9.17) is 31.6 Å². The number of hydrogen-bond donors (Lipinski definition) is 0. The summed E-state index contributed by atoms with van der Waals surface area (Å²) in [6.45, 7) is 2.04. The Kier molecular flexibility index (Phi) is 12.9. The minimum atomic E-state index is -2.35. The quantitative estimate of drug-likeness (QED) is 0.344. The summed E-state index contributed by atoms with van der Waals surface area (Å²) in [7, 11) is 5.70. The molecular weight excluding hydrogens is 348 g/mol. The summed E-state index contributed by atoms with van der Waals surface area (Å²) in [5, 5.41) is 0. The highest BCUT2D eigenvalue weighted by atomic mass is 28.4. The van der Waals surface area contributed by atoms with Crippen molar-refractivity contribution in [3.05, 3.63) is 12.3 Å². The summed E-state index contributed by atoms with van der Waals surface area (Å²) < 4.78 is 37.1. The van der Waals surface area contributed by atoms with Gasteiger partial charge in [-0.2, -0.15) is 0 Å². The summed E-state index contributed by atoms with van der Waals surface area (Å²) in [6, 6.07) is 0.932. The Morgan fingerprint density at radius 1 is 0.958 bits per heavy atom. The molecular formula is C15H34O7Si2. The molecule has 1 aliphatic rings. The van der Waals surface area contributed by atoms with Crippen LogP contribution in [0.4, 0.5) is 0 Å². The van der Waals surface area contributed by atoms with E-state index in [-0.39, 0.29) is 0 Å². The molecule has 24 heavy (non-hydrogen) atoms. The monoisotopic (exact) mass is 382 g/mol. The molecule has 0 unspecified atom stereocenters. The number of rotatable bonds is 9. The lowest BCUT2D eigenvalue weighted by Crippen LogP contribution is -2.65. The predicted octanol–water partition coefficient (Wildman–Crippen LogP) is 2.37. The molecule has 144 valence electrons. The second kappa shape index (κ2) is 13.0. The molecule has 1 fully saturated rings. The summed E-state index contributed by atoms with van der Waals surface area (Å²) in [5.41, 5.74) is -0.630. The molecule has 0 atom stereocenters. The first kappa shape index (κ1) is 23.7. The number of allylic oxidation sites excluding steroid dienone is 1. The van der Waals surface area contributed by atoms with Gasteiger partial charge in [-0.3, -0.25) is 0 Å². The molecule has 0 radical (unpaired) electrons.